The fourth-order valence-electron chi connectivity index (χ4n) is 1.29. The van der Waals surface area contributed by atoms with Crippen molar-refractivity contribution in [3.63, 3.8) is 0 Å². The molecule has 0 amide bonds. The number of oxazole rings is 1. The van der Waals surface area contributed by atoms with Crippen LogP contribution in [0.5, 0.6) is 5.75 Å². The van der Waals surface area contributed by atoms with Crippen LogP contribution in [-0.2, 0) is 0 Å². The van der Waals surface area contributed by atoms with Gasteiger partial charge in [-0.3, -0.25) is 0 Å². The maximum atomic E-state index is 9.15. The normalized spacial score (nSPS) is 10.9. The van der Waals surface area contributed by atoms with Crippen molar-refractivity contribution in [1.29, 1.82) is 0 Å². The van der Waals surface area contributed by atoms with Crippen LogP contribution in [0, 0.1) is 0 Å². The highest BCUT2D eigenvalue weighted by atomic mass is 16.3. The maximum absolute atomic E-state index is 9.15. The first-order valence-electron chi connectivity index (χ1n) is 4.91. The fourth-order valence-corrected chi connectivity index (χ4v) is 1.29. The van der Waals surface area contributed by atoms with Crippen molar-refractivity contribution in [2.45, 2.75) is 19.8 Å². The molecule has 0 saturated heterocycles. The lowest BCUT2D eigenvalue weighted by Gasteiger charge is -1.96. The van der Waals surface area contributed by atoms with Crippen LogP contribution in [0.1, 0.15) is 25.5 Å². The Balaban J connectivity index is 2.33. The molecule has 1 N–H and O–H groups in total. The molecule has 2 rings (SSSR count). The zero-order valence-corrected chi connectivity index (χ0v) is 8.77. The molecule has 78 valence electrons. The number of nitrogens with zero attached hydrogens (tertiary/aromatic N) is 1. The number of hydrogen-bond donors (Lipinski definition) is 1. The highest BCUT2D eigenvalue weighted by Gasteiger charge is 2.08. The topological polar surface area (TPSA) is 46.3 Å². The summed E-state index contributed by atoms with van der Waals surface area (Å²) in [4.78, 5) is 4.36. The van der Waals surface area contributed by atoms with Crippen LogP contribution in [0.25, 0.3) is 11.5 Å². The van der Waals surface area contributed by atoms with Gasteiger partial charge in [0, 0.05) is 5.56 Å². The zero-order valence-electron chi connectivity index (χ0n) is 8.77. The van der Waals surface area contributed by atoms with Crippen LogP contribution < -0.4 is 0 Å². The largest absolute Gasteiger partial charge is 0.508 e. The van der Waals surface area contributed by atoms with Gasteiger partial charge in [0.2, 0.25) is 5.89 Å². The van der Waals surface area contributed by atoms with E-state index in [2.05, 4.69) is 18.8 Å². The molecule has 0 aliphatic rings. The summed E-state index contributed by atoms with van der Waals surface area (Å²) in [7, 11) is 0. The van der Waals surface area contributed by atoms with E-state index in [0.29, 0.717) is 11.8 Å². The number of aromatic hydroxyl groups is 1. The Morgan fingerprint density at radius 3 is 2.40 bits per heavy atom. The number of phenols is 1. The molecule has 1 heterocycles. The van der Waals surface area contributed by atoms with Crippen molar-refractivity contribution in [2.75, 3.05) is 0 Å². The molecular formula is C12H13NO2. The summed E-state index contributed by atoms with van der Waals surface area (Å²) in [6.45, 7) is 4.14. The standard InChI is InChI=1S/C12H13NO2/c1-8(2)11-7-15-12(13-11)9-3-5-10(14)6-4-9/h3-8,14H,1-2H3. The minimum atomic E-state index is 0.245. The van der Waals surface area contributed by atoms with Crippen LogP contribution in [0.15, 0.2) is 34.9 Å². The first kappa shape index (κ1) is 9.77. The van der Waals surface area contributed by atoms with Crippen LogP contribution in [0.2, 0.25) is 0 Å². The van der Waals surface area contributed by atoms with E-state index in [4.69, 9.17) is 9.52 Å². The van der Waals surface area contributed by atoms with E-state index in [0.717, 1.165) is 11.3 Å². The fraction of sp³-hybridized carbons (Fsp3) is 0.250. The quantitative estimate of drug-likeness (QED) is 0.815. The van der Waals surface area contributed by atoms with Crippen LogP contribution in [0.4, 0.5) is 0 Å². The Labute approximate surface area is 88.4 Å². The number of benzene rings is 1. The van der Waals surface area contributed by atoms with Gasteiger partial charge in [0.25, 0.3) is 0 Å². The Bertz CT molecular complexity index is 443. The second-order valence-corrected chi connectivity index (χ2v) is 3.78. The van der Waals surface area contributed by atoms with Crippen molar-refractivity contribution in [3.05, 3.63) is 36.2 Å². The molecule has 2 aromatic rings. The molecule has 1 aromatic heterocycles. The zero-order chi connectivity index (χ0) is 10.8. The van der Waals surface area contributed by atoms with Crippen molar-refractivity contribution < 1.29 is 9.52 Å². The SMILES string of the molecule is CC(C)c1coc(-c2ccc(O)cc2)n1. The molecule has 0 fully saturated rings. The Kier molecular flexibility index (Phi) is 2.46. The van der Waals surface area contributed by atoms with Crippen molar-refractivity contribution >= 4 is 0 Å². The summed E-state index contributed by atoms with van der Waals surface area (Å²) < 4.78 is 5.36. The van der Waals surface area contributed by atoms with E-state index in [-0.39, 0.29) is 5.75 Å². The second-order valence-electron chi connectivity index (χ2n) is 3.78. The molecule has 1 aromatic carbocycles. The lowest BCUT2D eigenvalue weighted by molar-refractivity contribution is 0.475. The molecule has 0 radical (unpaired) electrons. The molecule has 3 heteroatoms. The Morgan fingerprint density at radius 2 is 1.87 bits per heavy atom. The van der Waals surface area contributed by atoms with Gasteiger partial charge >= 0.3 is 0 Å². The lowest BCUT2D eigenvalue weighted by Crippen LogP contribution is -1.86. The molecular weight excluding hydrogens is 190 g/mol. The molecule has 0 spiro atoms. The number of phenolic OH excluding ortho intramolecular Hbond substituents is 1. The van der Waals surface area contributed by atoms with E-state index >= 15 is 0 Å². The van der Waals surface area contributed by atoms with Gasteiger partial charge in [-0.05, 0) is 30.2 Å². The number of hydrogen-bond acceptors (Lipinski definition) is 3. The average Bonchev–Trinajstić information content (AvgIpc) is 2.68. The minimum Gasteiger partial charge on any atom is -0.508 e. The van der Waals surface area contributed by atoms with Gasteiger partial charge in [-0.15, -0.1) is 0 Å². The molecule has 0 atom stereocenters. The molecule has 0 bridgehead atoms. The molecule has 0 unspecified atom stereocenters. The third kappa shape index (κ3) is 2.01. The summed E-state index contributed by atoms with van der Waals surface area (Å²) in [5, 5.41) is 9.15. The summed E-state index contributed by atoms with van der Waals surface area (Å²) in [6, 6.07) is 6.81. The number of rotatable bonds is 2. The highest BCUT2D eigenvalue weighted by molar-refractivity contribution is 5.54. The monoisotopic (exact) mass is 203 g/mol. The van der Waals surface area contributed by atoms with Crippen LogP contribution in [0.3, 0.4) is 0 Å². The summed E-state index contributed by atoms with van der Waals surface area (Å²) in [5.41, 5.74) is 1.82. The van der Waals surface area contributed by atoms with Crippen molar-refractivity contribution in [2.24, 2.45) is 0 Å². The van der Waals surface area contributed by atoms with Gasteiger partial charge in [-0.2, -0.15) is 0 Å². The number of aromatic nitrogens is 1. The third-order valence-corrected chi connectivity index (χ3v) is 2.23. The third-order valence-electron chi connectivity index (χ3n) is 2.23. The molecule has 0 aliphatic carbocycles. The van der Waals surface area contributed by atoms with E-state index in [1.54, 1.807) is 30.5 Å². The first-order valence-corrected chi connectivity index (χ1v) is 4.91. The Hall–Kier alpha value is -1.77. The van der Waals surface area contributed by atoms with Gasteiger partial charge < -0.3 is 9.52 Å². The van der Waals surface area contributed by atoms with E-state index in [1.807, 2.05) is 0 Å². The van der Waals surface area contributed by atoms with E-state index < -0.39 is 0 Å². The smallest absolute Gasteiger partial charge is 0.226 e. The minimum absolute atomic E-state index is 0.245. The van der Waals surface area contributed by atoms with Gasteiger partial charge in [0.1, 0.15) is 12.0 Å². The van der Waals surface area contributed by atoms with Gasteiger partial charge in [0.05, 0.1) is 5.69 Å². The first-order chi connectivity index (χ1) is 7.16. The predicted octanol–water partition coefficient (Wildman–Crippen LogP) is 3.17. The predicted molar refractivity (Wildman–Crippen MR) is 57.7 cm³/mol. The molecule has 0 saturated carbocycles. The van der Waals surface area contributed by atoms with E-state index in [1.165, 1.54) is 0 Å². The Morgan fingerprint density at radius 1 is 1.20 bits per heavy atom. The van der Waals surface area contributed by atoms with Gasteiger partial charge in [0.15, 0.2) is 0 Å². The van der Waals surface area contributed by atoms with Crippen molar-refractivity contribution in [1.82, 2.24) is 4.98 Å². The average molecular weight is 203 g/mol. The molecule has 3 nitrogen and oxygen atoms in total. The second kappa shape index (κ2) is 3.77. The highest BCUT2D eigenvalue weighted by Crippen LogP contribution is 2.23. The summed E-state index contributed by atoms with van der Waals surface area (Å²) in [5.74, 6) is 1.20. The van der Waals surface area contributed by atoms with Gasteiger partial charge in [-0.1, -0.05) is 13.8 Å². The summed E-state index contributed by atoms with van der Waals surface area (Å²) >= 11 is 0. The van der Waals surface area contributed by atoms with E-state index in [9.17, 15) is 0 Å². The summed E-state index contributed by atoms with van der Waals surface area (Å²) in [6.07, 6.45) is 1.67. The molecule has 15 heavy (non-hydrogen) atoms. The van der Waals surface area contributed by atoms with Crippen LogP contribution >= 0.6 is 0 Å². The van der Waals surface area contributed by atoms with Crippen molar-refractivity contribution in [3.8, 4) is 17.2 Å². The maximum Gasteiger partial charge on any atom is 0.226 e. The van der Waals surface area contributed by atoms with Gasteiger partial charge in [-0.25, -0.2) is 4.98 Å². The van der Waals surface area contributed by atoms with Crippen LogP contribution in [-0.4, -0.2) is 10.1 Å². The molecule has 0 aliphatic heterocycles. The lowest BCUT2D eigenvalue weighted by atomic mass is 10.1.